The molecular weight excluding hydrogens is 324 g/mol. The Morgan fingerprint density at radius 2 is 0.852 bits per heavy atom. The largest absolute Gasteiger partial charge is 0.0619 e. The molecule has 3 aliphatic rings. The lowest BCUT2D eigenvalue weighted by atomic mass is 9.90. The summed E-state index contributed by atoms with van der Waals surface area (Å²) in [6, 6.07) is 27.3. The number of benzene rings is 4. The van der Waals surface area contributed by atoms with Gasteiger partial charge in [0.1, 0.15) is 0 Å². The van der Waals surface area contributed by atoms with Gasteiger partial charge in [0.25, 0.3) is 0 Å². The number of hydrogen-bond acceptors (Lipinski definition) is 0. The zero-order chi connectivity index (χ0) is 17.5. The third-order valence-electron chi connectivity index (χ3n) is 6.78. The van der Waals surface area contributed by atoms with Crippen LogP contribution in [0, 0.1) is 0 Å². The molecule has 0 atom stereocenters. The minimum atomic E-state index is 1.07. The summed E-state index contributed by atoms with van der Waals surface area (Å²) < 4.78 is 0. The molecule has 0 N–H and O–H groups in total. The molecule has 0 nitrogen and oxygen atoms in total. The molecule has 0 spiro atoms. The van der Waals surface area contributed by atoms with Crippen molar-refractivity contribution in [1.29, 1.82) is 0 Å². The van der Waals surface area contributed by atoms with Crippen molar-refractivity contribution in [2.75, 3.05) is 0 Å². The highest BCUT2D eigenvalue weighted by atomic mass is 14.4. The van der Waals surface area contributed by atoms with Gasteiger partial charge < -0.3 is 0 Å². The van der Waals surface area contributed by atoms with Crippen LogP contribution in [0.2, 0.25) is 0 Å². The molecule has 0 amide bonds. The van der Waals surface area contributed by atoms with Gasteiger partial charge in [-0.25, -0.2) is 0 Å². The summed E-state index contributed by atoms with van der Waals surface area (Å²) in [4.78, 5) is 0. The molecule has 0 heteroatoms. The first-order chi connectivity index (χ1) is 13.4. The molecule has 0 saturated heterocycles. The Morgan fingerprint density at radius 1 is 0.370 bits per heavy atom. The van der Waals surface area contributed by atoms with Crippen molar-refractivity contribution in [3.05, 3.63) is 106 Å². The summed E-state index contributed by atoms with van der Waals surface area (Å²) in [6.45, 7) is 0. The normalized spacial score (nSPS) is 14.2. The fourth-order valence-corrected chi connectivity index (χ4v) is 5.64. The van der Waals surface area contributed by atoms with Gasteiger partial charge in [0.15, 0.2) is 0 Å². The van der Waals surface area contributed by atoms with E-state index in [1.165, 1.54) is 44.5 Å². The van der Waals surface area contributed by atoms with E-state index in [9.17, 15) is 0 Å². The standard InChI is InChI=1S/C27H18/c1-3-7-20-16(5-1)14-24-22(20)11-9-18-13-19-10-12-23-21-8-4-2-6-17(21)15-25(23)27(19)26(18)24/h1-12H,13-15H2. The summed E-state index contributed by atoms with van der Waals surface area (Å²) >= 11 is 0. The van der Waals surface area contributed by atoms with E-state index in [1.54, 1.807) is 22.3 Å². The molecule has 0 aliphatic heterocycles. The molecule has 4 aromatic carbocycles. The highest BCUT2D eigenvalue weighted by Crippen LogP contribution is 2.52. The van der Waals surface area contributed by atoms with Gasteiger partial charge in [0.05, 0.1) is 0 Å². The van der Waals surface area contributed by atoms with Crippen LogP contribution >= 0.6 is 0 Å². The average molecular weight is 342 g/mol. The summed E-state index contributed by atoms with van der Waals surface area (Å²) in [5, 5.41) is 0. The van der Waals surface area contributed by atoms with Crippen molar-refractivity contribution in [2.45, 2.75) is 19.3 Å². The van der Waals surface area contributed by atoms with Gasteiger partial charge in [0, 0.05) is 0 Å². The zero-order valence-corrected chi connectivity index (χ0v) is 15.0. The second-order valence-electron chi connectivity index (χ2n) is 8.10. The minimum Gasteiger partial charge on any atom is -0.0619 e. The molecule has 0 radical (unpaired) electrons. The summed E-state index contributed by atoms with van der Waals surface area (Å²) in [5.41, 5.74) is 17.9. The van der Waals surface area contributed by atoms with Gasteiger partial charge in [-0.2, -0.15) is 0 Å². The first-order valence-corrected chi connectivity index (χ1v) is 9.85. The van der Waals surface area contributed by atoms with E-state index in [1.807, 2.05) is 0 Å². The maximum atomic E-state index is 2.38. The quantitative estimate of drug-likeness (QED) is 0.299. The van der Waals surface area contributed by atoms with Crippen LogP contribution in [-0.4, -0.2) is 0 Å². The predicted octanol–water partition coefficient (Wildman–Crippen LogP) is 6.40. The SMILES string of the molecule is c1ccc2c(c1)Cc1c-2ccc2c1-c1c(ccc3c1Cc1ccccc1-3)C2. The molecule has 126 valence electrons. The first-order valence-electron chi connectivity index (χ1n) is 9.85. The van der Waals surface area contributed by atoms with Crippen LogP contribution in [0.5, 0.6) is 0 Å². The third kappa shape index (κ3) is 1.69. The Balaban J connectivity index is 1.52. The van der Waals surface area contributed by atoms with E-state index in [0.717, 1.165) is 19.3 Å². The van der Waals surface area contributed by atoms with Crippen LogP contribution in [0.4, 0.5) is 0 Å². The van der Waals surface area contributed by atoms with Gasteiger partial charge in [0.2, 0.25) is 0 Å². The molecule has 7 rings (SSSR count). The van der Waals surface area contributed by atoms with Crippen molar-refractivity contribution in [2.24, 2.45) is 0 Å². The molecule has 0 bridgehead atoms. The lowest BCUT2D eigenvalue weighted by molar-refractivity contribution is 1.23. The Kier molecular flexibility index (Phi) is 2.48. The Morgan fingerprint density at radius 3 is 1.37 bits per heavy atom. The highest BCUT2D eigenvalue weighted by molar-refractivity contribution is 5.95. The molecule has 0 aromatic heterocycles. The number of rotatable bonds is 0. The van der Waals surface area contributed by atoms with E-state index in [0.29, 0.717) is 0 Å². The smallest absolute Gasteiger partial charge is 0.000718 e. The summed E-state index contributed by atoms with van der Waals surface area (Å²) in [7, 11) is 0. The molecule has 0 saturated carbocycles. The van der Waals surface area contributed by atoms with Gasteiger partial charge in [-0.1, -0.05) is 72.8 Å². The zero-order valence-electron chi connectivity index (χ0n) is 15.0. The van der Waals surface area contributed by atoms with E-state index in [4.69, 9.17) is 0 Å². The molecule has 27 heavy (non-hydrogen) atoms. The van der Waals surface area contributed by atoms with Gasteiger partial charge in [-0.05, 0) is 86.0 Å². The molecule has 0 heterocycles. The van der Waals surface area contributed by atoms with Crippen molar-refractivity contribution < 1.29 is 0 Å². The van der Waals surface area contributed by atoms with E-state index in [2.05, 4.69) is 72.8 Å². The van der Waals surface area contributed by atoms with Crippen LogP contribution in [0.25, 0.3) is 33.4 Å². The minimum absolute atomic E-state index is 1.07. The first kappa shape index (κ1) is 14.0. The van der Waals surface area contributed by atoms with Crippen molar-refractivity contribution in [3.8, 4) is 33.4 Å². The van der Waals surface area contributed by atoms with Crippen LogP contribution in [-0.2, 0) is 19.3 Å². The topological polar surface area (TPSA) is 0 Å². The Hall–Kier alpha value is -3.12. The Bertz CT molecular complexity index is 1190. The lowest BCUT2D eigenvalue weighted by Gasteiger charge is -2.13. The second-order valence-corrected chi connectivity index (χ2v) is 8.10. The molecule has 0 unspecified atom stereocenters. The maximum absolute atomic E-state index is 2.38. The fraction of sp³-hybridized carbons (Fsp3) is 0.111. The van der Waals surface area contributed by atoms with E-state index >= 15 is 0 Å². The average Bonchev–Trinajstić information content (AvgIpc) is 3.37. The van der Waals surface area contributed by atoms with Crippen molar-refractivity contribution >= 4 is 0 Å². The predicted molar refractivity (Wildman–Crippen MR) is 111 cm³/mol. The maximum Gasteiger partial charge on any atom is -0.000718 e. The van der Waals surface area contributed by atoms with Gasteiger partial charge in [-0.15, -0.1) is 0 Å². The van der Waals surface area contributed by atoms with Crippen LogP contribution in [0.1, 0.15) is 33.4 Å². The lowest BCUT2D eigenvalue weighted by Crippen LogP contribution is -1.93. The highest BCUT2D eigenvalue weighted by Gasteiger charge is 2.32. The summed E-state index contributed by atoms with van der Waals surface area (Å²) in [5.74, 6) is 0. The molecule has 3 aliphatic carbocycles. The van der Waals surface area contributed by atoms with Gasteiger partial charge >= 0.3 is 0 Å². The van der Waals surface area contributed by atoms with Gasteiger partial charge in [-0.3, -0.25) is 0 Å². The number of hydrogen-bond donors (Lipinski definition) is 0. The second kappa shape index (κ2) is 4.78. The van der Waals surface area contributed by atoms with Crippen LogP contribution < -0.4 is 0 Å². The van der Waals surface area contributed by atoms with E-state index < -0.39 is 0 Å². The number of fused-ring (bicyclic) bond motifs is 11. The van der Waals surface area contributed by atoms with Crippen molar-refractivity contribution in [1.82, 2.24) is 0 Å². The molecular formula is C27H18. The fourth-order valence-electron chi connectivity index (χ4n) is 5.64. The summed E-state index contributed by atoms with van der Waals surface area (Å²) in [6.07, 6.45) is 3.23. The monoisotopic (exact) mass is 342 g/mol. The molecule has 4 aromatic rings. The van der Waals surface area contributed by atoms with Crippen molar-refractivity contribution in [3.63, 3.8) is 0 Å². The van der Waals surface area contributed by atoms with Crippen LogP contribution in [0.3, 0.4) is 0 Å². The van der Waals surface area contributed by atoms with Crippen LogP contribution in [0.15, 0.2) is 72.8 Å². The molecule has 0 fully saturated rings. The Labute approximate surface area is 159 Å². The third-order valence-corrected chi connectivity index (χ3v) is 6.78. The van der Waals surface area contributed by atoms with E-state index in [-0.39, 0.29) is 0 Å².